The Hall–Kier alpha value is -2.60. The van der Waals surface area contributed by atoms with Crippen molar-refractivity contribution in [2.24, 2.45) is 5.92 Å². The van der Waals surface area contributed by atoms with Crippen molar-refractivity contribution in [2.45, 2.75) is 34.2 Å². The summed E-state index contributed by atoms with van der Waals surface area (Å²) in [4.78, 5) is 25.8. The summed E-state index contributed by atoms with van der Waals surface area (Å²) in [6.07, 6.45) is 3.16. The molecule has 2 aromatic rings. The van der Waals surface area contributed by atoms with E-state index in [9.17, 15) is 9.59 Å². The molecule has 29 heavy (non-hydrogen) atoms. The van der Waals surface area contributed by atoms with E-state index in [1.54, 1.807) is 22.6 Å². The lowest BCUT2D eigenvalue weighted by Gasteiger charge is -2.22. The first-order chi connectivity index (χ1) is 13.8. The number of rotatable bonds is 8. The summed E-state index contributed by atoms with van der Waals surface area (Å²) in [5.41, 5.74) is 3.75. The van der Waals surface area contributed by atoms with Crippen LogP contribution in [0.25, 0.3) is 6.08 Å². The Morgan fingerprint density at radius 2 is 1.93 bits per heavy atom. The van der Waals surface area contributed by atoms with Gasteiger partial charge in [0, 0.05) is 24.7 Å². The van der Waals surface area contributed by atoms with E-state index in [2.05, 4.69) is 5.10 Å². The molecule has 0 aliphatic rings. The maximum absolute atomic E-state index is 12.6. The minimum atomic E-state index is -0.389. The normalized spacial score (nSPS) is 12.2. The van der Waals surface area contributed by atoms with Crippen LogP contribution >= 0.6 is 11.6 Å². The molecule has 1 heterocycles. The van der Waals surface area contributed by atoms with E-state index in [1.807, 2.05) is 45.0 Å². The van der Waals surface area contributed by atoms with E-state index >= 15 is 0 Å². The van der Waals surface area contributed by atoms with Gasteiger partial charge in [-0.15, -0.1) is 0 Å². The number of hydrogen-bond donors (Lipinski definition) is 0. The minimum absolute atomic E-state index is 0.190. The van der Waals surface area contributed by atoms with Crippen LogP contribution in [0.15, 0.2) is 30.3 Å². The highest BCUT2D eigenvalue weighted by Gasteiger charge is 2.19. The van der Waals surface area contributed by atoms with Crippen LogP contribution in [0.1, 0.15) is 36.2 Å². The van der Waals surface area contributed by atoms with Crippen molar-refractivity contribution in [3.63, 3.8) is 0 Å². The first kappa shape index (κ1) is 22.7. The molecule has 0 aliphatic heterocycles. The van der Waals surface area contributed by atoms with Gasteiger partial charge in [0.25, 0.3) is 0 Å². The van der Waals surface area contributed by atoms with Crippen molar-refractivity contribution >= 4 is 29.6 Å². The Morgan fingerprint density at radius 1 is 1.28 bits per heavy atom. The summed E-state index contributed by atoms with van der Waals surface area (Å²) in [7, 11) is 1.34. The van der Waals surface area contributed by atoms with Crippen LogP contribution in [-0.2, 0) is 20.9 Å². The number of benzene rings is 1. The van der Waals surface area contributed by atoms with Gasteiger partial charge in [-0.05, 0) is 32.4 Å². The molecule has 1 unspecified atom stereocenters. The standard InChI is InChI=1S/C22H28ClN3O3/c1-6-25(13-16(3)22(28)29-5)20(27)12-11-19-17(4)24-26(21(19)23)14-18-9-7-15(2)8-10-18/h7-12,16H,6,13-14H2,1-5H3/b12-11+. The zero-order chi connectivity index (χ0) is 21.6. The first-order valence-electron chi connectivity index (χ1n) is 9.60. The van der Waals surface area contributed by atoms with Crippen molar-refractivity contribution in [3.8, 4) is 0 Å². The molecule has 0 saturated carbocycles. The van der Waals surface area contributed by atoms with Gasteiger partial charge in [0.05, 0.1) is 25.3 Å². The lowest BCUT2D eigenvalue weighted by atomic mass is 10.1. The van der Waals surface area contributed by atoms with Crippen LogP contribution in [0.2, 0.25) is 5.15 Å². The lowest BCUT2D eigenvalue weighted by molar-refractivity contribution is -0.146. The van der Waals surface area contributed by atoms with Gasteiger partial charge in [0.15, 0.2) is 0 Å². The Labute approximate surface area is 177 Å². The van der Waals surface area contributed by atoms with Gasteiger partial charge in [0.1, 0.15) is 5.15 Å². The maximum atomic E-state index is 12.6. The topological polar surface area (TPSA) is 64.4 Å². The molecule has 0 saturated heterocycles. The molecule has 156 valence electrons. The second-order valence-electron chi connectivity index (χ2n) is 7.07. The Bertz CT molecular complexity index is 887. The summed E-state index contributed by atoms with van der Waals surface area (Å²) in [6, 6.07) is 8.19. The van der Waals surface area contributed by atoms with E-state index < -0.39 is 0 Å². The smallest absolute Gasteiger partial charge is 0.310 e. The van der Waals surface area contributed by atoms with Gasteiger partial charge < -0.3 is 9.64 Å². The monoisotopic (exact) mass is 417 g/mol. The summed E-state index contributed by atoms with van der Waals surface area (Å²) in [5.74, 6) is -0.915. The predicted octanol–water partition coefficient (Wildman–Crippen LogP) is 3.87. The van der Waals surface area contributed by atoms with E-state index in [-0.39, 0.29) is 17.8 Å². The molecule has 1 aromatic carbocycles. The summed E-state index contributed by atoms with van der Waals surface area (Å²) in [5, 5.41) is 4.99. The van der Waals surface area contributed by atoms with Crippen LogP contribution in [0.3, 0.4) is 0 Å². The molecular weight excluding hydrogens is 390 g/mol. The number of halogens is 1. The molecule has 0 radical (unpaired) electrons. The number of ether oxygens (including phenoxy) is 1. The zero-order valence-corrected chi connectivity index (χ0v) is 18.4. The van der Waals surface area contributed by atoms with E-state index in [0.29, 0.717) is 30.4 Å². The second kappa shape index (κ2) is 10.3. The number of likely N-dealkylation sites (N-methyl/N-ethyl adjacent to an activating group) is 1. The van der Waals surface area contributed by atoms with Crippen molar-refractivity contribution in [1.82, 2.24) is 14.7 Å². The average molecular weight is 418 g/mol. The van der Waals surface area contributed by atoms with Gasteiger partial charge in [-0.25, -0.2) is 4.68 Å². The Kier molecular flexibility index (Phi) is 8.02. The fraction of sp³-hybridized carbons (Fsp3) is 0.409. The fourth-order valence-electron chi connectivity index (χ4n) is 2.97. The van der Waals surface area contributed by atoms with Gasteiger partial charge in [-0.1, -0.05) is 48.4 Å². The summed E-state index contributed by atoms with van der Waals surface area (Å²) in [6.45, 7) is 8.85. The van der Waals surface area contributed by atoms with E-state index in [0.717, 1.165) is 11.3 Å². The third-order valence-electron chi connectivity index (χ3n) is 4.75. The molecule has 0 fully saturated rings. The fourth-order valence-corrected chi connectivity index (χ4v) is 3.27. The quantitative estimate of drug-likeness (QED) is 0.483. The molecule has 2 rings (SSSR count). The molecule has 0 N–H and O–H groups in total. The Morgan fingerprint density at radius 3 is 2.52 bits per heavy atom. The van der Waals surface area contributed by atoms with Crippen LogP contribution in [0.4, 0.5) is 0 Å². The van der Waals surface area contributed by atoms with E-state index in [1.165, 1.54) is 18.7 Å². The number of aromatic nitrogens is 2. The van der Waals surface area contributed by atoms with Crippen molar-refractivity contribution in [1.29, 1.82) is 0 Å². The predicted molar refractivity (Wildman–Crippen MR) is 115 cm³/mol. The van der Waals surface area contributed by atoms with Crippen molar-refractivity contribution in [2.75, 3.05) is 20.2 Å². The minimum Gasteiger partial charge on any atom is -0.469 e. The third-order valence-corrected chi connectivity index (χ3v) is 5.14. The number of methoxy groups -OCH3 is 1. The average Bonchev–Trinajstić information content (AvgIpc) is 2.97. The molecule has 0 spiro atoms. The number of amides is 1. The molecule has 1 atom stereocenters. The summed E-state index contributed by atoms with van der Waals surface area (Å²) < 4.78 is 6.46. The molecule has 0 aliphatic carbocycles. The number of esters is 1. The number of carbonyl (C=O) groups is 2. The highest BCUT2D eigenvalue weighted by molar-refractivity contribution is 6.31. The highest BCUT2D eigenvalue weighted by Crippen LogP contribution is 2.22. The third kappa shape index (κ3) is 5.94. The number of aryl methyl sites for hydroxylation is 2. The van der Waals surface area contributed by atoms with Crippen LogP contribution in [0, 0.1) is 19.8 Å². The molecule has 1 amide bonds. The van der Waals surface area contributed by atoms with Gasteiger partial charge in [-0.3, -0.25) is 9.59 Å². The maximum Gasteiger partial charge on any atom is 0.310 e. The SMILES string of the molecule is CCN(CC(C)C(=O)OC)C(=O)/C=C/c1c(C)nn(Cc2ccc(C)cc2)c1Cl. The molecular formula is C22H28ClN3O3. The molecule has 6 nitrogen and oxygen atoms in total. The van der Waals surface area contributed by atoms with Gasteiger partial charge >= 0.3 is 5.97 Å². The number of hydrogen-bond acceptors (Lipinski definition) is 4. The van der Waals surface area contributed by atoms with Gasteiger partial charge in [-0.2, -0.15) is 5.10 Å². The first-order valence-corrected chi connectivity index (χ1v) is 9.97. The number of carbonyl (C=O) groups excluding carboxylic acids is 2. The van der Waals surface area contributed by atoms with Crippen molar-refractivity contribution in [3.05, 3.63) is 57.9 Å². The lowest BCUT2D eigenvalue weighted by Crippen LogP contribution is -2.36. The van der Waals surface area contributed by atoms with Crippen molar-refractivity contribution < 1.29 is 14.3 Å². The number of nitrogens with zero attached hydrogens (tertiary/aromatic N) is 3. The highest BCUT2D eigenvalue weighted by atomic mass is 35.5. The van der Waals surface area contributed by atoms with E-state index in [4.69, 9.17) is 16.3 Å². The van der Waals surface area contributed by atoms with Crippen LogP contribution in [0.5, 0.6) is 0 Å². The van der Waals surface area contributed by atoms with Crippen LogP contribution in [-0.4, -0.2) is 46.8 Å². The molecule has 0 bridgehead atoms. The Balaban J connectivity index is 2.12. The largest absolute Gasteiger partial charge is 0.469 e. The zero-order valence-electron chi connectivity index (χ0n) is 17.6. The molecule has 7 heteroatoms. The van der Waals surface area contributed by atoms with Gasteiger partial charge in [0.2, 0.25) is 5.91 Å². The molecule has 1 aromatic heterocycles. The van der Waals surface area contributed by atoms with Crippen LogP contribution < -0.4 is 0 Å². The second-order valence-corrected chi connectivity index (χ2v) is 7.43. The summed E-state index contributed by atoms with van der Waals surface area (Å²) >= 11 is 6.52.